The summed E-state index contributed by atoms with van der Waals surface area (Å²) in [6.07, 6.45) is 10.7. The van der Waals surface area contributed by atoms with Crippen LogP contribution in [0, 0.1) is 0 Å². The molecular weight excluding hydrogens is 364 g/mol. The zero-order chi connectivity index (χ0) is 21.8. The number of carbonyl (C=O) groups excluding carboxylic acids is 1. The van der Waals surface area contributed by atoms with E-state index in [0.717, 1.165) is 31.1 Å². The number of carbonyl (C=O) groups is 2. The van der Waals surface area contributed by atoms with Crippen LogP contribution in [0.5, 0.6) is 0 Å². The Labute approximate surface area is 169 Å². The molecule has 0 aromatic heterocycles. The lowest BCUT2D eigenvalue weighted by Crippen LogP contribution is -2.47. The van der Waals surface area contributed by atoms with Gasteiger partial charge >= 0.3 is 0 Å². The predicted molar refractivity (Wildman–Crippen MR) is 109 cm³/mol. The standard InChI is InChI=1S/C15H28O4.C5H8O.CH2O2/c1-4-5-6-7-8-9-10-18-15-13(16)11-14(17-3)12(2)19-15;1-3-5(2)4-6;2-1-3/h4-5,12-16H,6-11H2,1-3H3;3-4H,1-2H3;1H,(H,2,3)/b5-4+;5-3+;. The Morgan fingerprint density at radius 3 is 2.32 bits per heavy atom. The van der Waals surface area contributed by atoms with E-state index in [-0.39, 0.29) is 18.7 Å². The van der Waals surface area contributed by atoms with Crippen LogP contribution < -0.4 is 0 Å². The van der Waals surface area contributed by atoms with Crippen LogP contribution in [0.15, 0.2) is 23.8 Å². The number of rotatable bonds is 9. The van der Waals surface area contributed by atoms with Crippen LogP contribution in [0.4, 0.5) is 0 Å². The van der Waals surface area contributed by atoms with E-state index in [1.54, 1.807) is 20.1 Å². The number of unbranched alkanes of at least 4 members (excludes halogenated alkanes) is 3. The Balaban J connectivity index is 0. The third-order valence-corrected chi connectivity index (χ3v) is 4.14. The highest BCUT2D eigenvalue weighted by Crippen LogP contribution is 2.23. The van der Waals surface area contributed by atoms with Gasteiger partial charge in [-0.25, -0.2) is 0 Å². The molecule has 0 aromatic carbocycles. The molecule has 1 fully saturated rings. The van der Waals surface area contributed by atoms with E-state index >= 15 is 0 Å². The highest BCUT2D eigenvalue weighted by molar-refractivity contribution is 5.71. The van der Waals surface area contributed by atoms with Crippen molar-refractivity contribution in [1.82, 2.24) is 0 Å². The molecule has 1 saturated heterocycles. The van der Waals surface area contributed by atoms with Crippen molar-refractivity contribution in [3.63, 3.8) is 0 Å². The molecule has 1 aliphatic rings. The molecule has 2 N–H and O–H groups in total. The van der Waals surface area contributed by atoms with Gasteiger partial charge < -0.3 is 24.4 Å². The van der Waals surface area contributed by atoms with Gasteiger partial charge in [0.05, 0.1) is 12.2 Å². The molecule has 1 heterocycles. The Morgan fingerprint density at radius 1 is 1.21 bits per heavy atom. The topological polar surface area (TPSA) is 102 Å². The second-order valence-corrected chi connectivity index (χ2v) is 6.33. The average molecular weight is 403 g/mol. The summed E-state index contributed by atoms with van der Waals surface area (Å²) in [6.45, 7) is 7.99. The molecule has 28 heavy (non-hydrogen) atoms. The quantitative estimate of drug-likeness (QED) is 0.263. The van der Waals surface area contributed by atoms with Gasteiger partial charge in [0.25, 0.3) is 6.47 Å². The van der Waals surface area contributed by atoms with Gasteiger partial charge in [-0.15, -0.1) is 0 Å². The summed E-state index contributed by atoms with van der Waals surface area (Å²) < 4.78 is 16.5. The molecule has 0 radical (unpaired) electrons. The van der Waals surface area contributed by atoms with Crippen LogP contribution in [0.3, 0.4) is 0 Å². The lowest BCUT2D eigenvalue weighted by Gasteiger charge is -2.36. The van der Waals surface area contributed by atoms with Crippen LogP contribution in [0.2, 0.25) is 0 Å². The van der Waals surface area contributed by atoms with Crippen LogP contribution in [0.1, 0.15) is 59.8 Å². The molecule has 4 unspecified atom stereocenters. The van der Waals surface area contributed by atoms with Gasteiger partial charge in [-0.2, -0.15) is 0 Å². The molecule has 7 nitrogen and oxygen atoms in total. The normalized spacial score (nSPS) is 24.6. The van der Waals surface area contributed by atoms with E-state index in [9.17, 15) is 9.90 Å². The first kappa shape index (κ1) is 28.7. The summed E-state index contributed by atoms with van der Waals surface area (Å²) in [4.78, 5) is 18.0. The van der Waals surface area contributed by atoms with Gasteiger partial charge in [0, 0.05) is 20.1 Å². The van der Waals surface area contributed by atoms with Gasteiger partial charge in [0.1, 0.15) is 12.4 Å². The maximum Gasteiger partial charge on any atom is 0.290 e. The first-order valence-corrected chi connectivity index (χ1v) is 9.66. The third-order valence-electron chi connectivity index (χ3n) is 4.14. The Bertz CT molecular complexity index is 434. The van der Waals surface area contributed by atoms with Gasteiger partial charge in [-0.3, -0.25) is 9.59 Å². The molecule has 4 atom stereocenters. The monoisotopic (exact) mass is 402 g/mol. The summed E-state index contributed by atoms with van der Waals surface area (Å²) in [7, 11) is 1.64. The molecular formula is C21H38O7. The van der Waals surface area contributed by atoms with Crippen LogP contribution in [-0.4, -0.2) is 61.3 Å². The van der Waals surface area contributed by atoms with Crippen molar-refractivity contribution in [3.8, 4) is 0 Å². The number of aliphatic hydroxyl groups is 1. The molecule has 164 valence electrons. The molecule has 0 aromatic rings. The molecule has 1 aliphatic heterocycles. The Hall–Kier alpha value is -1.54. The number of allylic oxidation sites excluding steroid dienone is 4. The highest BCUT2D eigenvalue weighted by Gasteiger charge is 2.35. The van der Waals surface area contributed by atoms with E-state index in [1.165, 1.54) is 6.42 Å². The number of methoxy groups -OCH3 is 1. The SMILES string of the molecule is C/C=C(\C)C=O.C/C=C/CCCCCOC1OC(C)C(OC)CC1O.O=CO. The zero-order valence-electron chi connectivity index (χ0n) is 17.9. The van der Waals surface area contributed by atoms with Crippen molar-refractivity contribution in [1.29, 1.82) is 0 Å². The number of carboxylic acid groups (broad SMARTS) is 1. The van der Waals surface area contributed by atoms with Gasteiger partial charge in [-0.1, -0.05) is 24.6 Å². The van der Waals surface area contributed by atoms with E-state index in [1.807, 2.05) is 20.8 Å². The van der Waals surface area contributed by atoms with Gasteiger partial charge in [0.2, 0.25) is 0 Å². The lowest BCUT2D eigenvalue weighted by atomic mass is 10.0. The van der Waals surface area contributed by atoms with Crippen molar-refractivity contribution in [3.05, 3.63) is 23.8 Å². The fourth-order valence-electron chi connectivity index (χ4n) is 2.34. The summed E-state index contributed by atoms with van der Waals surface area (Å²) >= 11 is 0. The van der Waals surface area contributed by atoms with Crippen LogP contribution in [-0.2, 0) is 23.8 Å². The van der Waals surface area contributed by atoms with E-state index in [0.29, 0.717) is 13.0 Å². The first-order chi connectivity index (χ1) is 13.4. The third kappa shape index (κ3) is 15.5. The van der Waals surface area contributed by atoms with Crippen LogP contribution >= 0.6 is 0 Å². The Kier molecular flexibility index (Phi) is 20.7. The molecule has 0 aliphatic carbocycles. The number of hydrogen-bond donors (Lipinski definition) is 2. The van der Waals surface area contributed by atoms with Crippen molar-refractivity contribution in [2.45, 2.75) is 84.4 Å². The van der Waals surface area contributed by atoms with Gasteiger partial charge in [-0.05, 0) is 52.5 Å². The average Bonchev–Trinajstić information content (AvgIpc) is 2.69. The Morgan fingerprint density at radius 2 is 1.86 bits per heavy atom. The number of aldehydes is 1. The summed E-state index contributed by atoms with van der Waals surface area (Å²) in [5.74, 6) is 0. The second kappa shape index (κ2) is 20.2. The largest absolute Gasteiger partial charge is 0.483 e. The molecule has 0 spiro atoms. The van der Waals surface area contributed by atoms with Crippen LogP contribution in [0.25, 0.3) is 0 Å². The maximum atomic E-state index is 9.92. The fourth-order valence-corrected chi connectivity index (χ4v) is 2.34. The molecule has 0 saturated carbocycles. The summed E-state index contributed by atoms with van der Waals surface area (Å²) in [6, 6.07) is 0. The first-order valence-electron chi connectivity index (χ1n) is 9.66. The fraction of sp³-hybridized carbons (Fsp3) is 0.714. The van der Waals surface area contributed by atoms with E-state index in [4.69, 9.17) is 24.1 Å². The van der Waals surface area contributed by atoms with Crippen molar-refractivity contribution >= 4 is 12.8 Å². The number of hydrogen-bond acceptors (Lipinski definition) is 6. The minimum absolute atomic E-state index is 0.0342. The van der Waals surface area contributed by atoms with Crippen molar-refractivity contribution < 1.29 is 34.0 Å². The summed E-state index contributed by atoms with van der Waals surface area (Å²) in [5.41, 5.74) is 0.787. The highest BCUT2D eigenvalue weighted by atomic mass is 16.7. The van der Waals surface area contributed by atoms with Crippen molar-refractivity contribution in [2.24, 2.45) is 0 Å². The lowest BCUT2D eigenvalue weighted by molar-refractivity contribution is -0.264. The minimum atomic E-state index is -0.593. The zero-order valence-corrected chi connectivity index (χ0v) is 17.9. The molecule has 1 rings (SSSR count). The second-order valence-electron chi connectivity index (χ2n) is 6.33. The van der Waals surface area contributed by atoms with Gasteiger partial charge in [0.15, 0.2) is 6.29 Å². The van der Waals surface area contributed by atoms with E-state index in [2.05, 4.69) is 12.2 Å². The predicted octanol–water partition coefficient (Wildman–Crippen LogP) is 3.50. The number of aliphatic hydroxyl groups excluding tert-OH is 1. The number of ether oxygens (including phenoxy) is 3. The smallest absolute Gasteiger partial charge is 0.290 e. The molecule has 0 amide bonds. The molecule has 0 bridgehead atoms. The summed E-state index contributed by atoms with van der Waals surface area (Å²) in [5, 5.41) is 16.8. The minimum Gasteiger partial charge on any atom is -0.483 e. The maximum absolute atomic E-state index is 9.92. The van der Waals surface area contributed by atoms with E-state index < -0.39 is 12.4 Å². The van der Waals surface area contributed by atoms with Crippen molar-refractivity contribution in [2.75, 3.05) is 13.7 Å². The molecule has 7 heteroatoms.